The maximum Gasteiger partial charge on any atom is 0.326 e. The first-order valence-electron chi connectivity index (χ1n) is 6.18. The smallest absolute Gasteiger partial charge is 0.326 e. The zero-order valence-corrected chi connectivity index (χ0v) is 12.3. The number of nitrogens with one attached hydrogen (secondary N) is 1. The summed E-state index contributed by atoms with van der Waals surface area (Å²) < 4.78 is 3.76. The van der Waals surface area contributed by atoms with Gasteiger partial charge in [-0.05, 0) is 29.8 Å². The highest BCUT2D eigenvalue weighted by Gasteiger charge is 2.25. The molecule has 0 aliphatic rings. The summed E-state index contributed by atoms with van der Waals surface area (Å²) in [4.78, 5) is 23.6. The summed E-state index contributed by atoms with van der Waals surface area (Å²) in [5, 5.41) is 15.6. The zero-order valence-electron chi connectivity index (χ0n) is 11.5. The Kier molecular flexibility index (Phi) is 5.41. The predicted octanol–water partition coefficient (Wildman–Crippen LogP) is 1.89. The van der Waals surface area contributed by atoms with Gasteiger partial charge in [0.05, 0.1) is 5.69 Å². The van der Waals surface area contributed by atoms with Crippen molar-refractivity contribution in [2.75, 3.05) is 0 Å². The minimum Gasteiger partial charge on any atom is -0.480 e. The topological polar surface area (TPSA) is 92.2 Å². The highest BCUT2D eigenvalue weighted by molar-refractivity contribution is 7.08. The lowest BCUT2D eigenvalue weighted by atomic mass is 10.0. The Morgan fingerprint density at radius 3 is 2.42 bits per heavy atom. The Hall–Kier alpha value is -1.50. The SMILES string of the molecule is CC(C)C[C@@H](NC(=O)c1snnc1C(C)C)C(=O)O. The van der Waals surface area contributed by atoms with Crippen molar-refractivity contribution < 1.29 is 14.7 Å². The van der Waals surface area contributed by atoms with E-state index in [0.29, 0.717) is 17.0 Å². The second-order valence-electron chi connectivity index (χ2n) is 5.14. The first-order chi connectivity index (χ1) is 8.82. The van der Waals surface area contributed by atoms with Crippen LogP contribution in [0.5, 0.6) is 0 Å². The molecular formula is C12H19N3O3S. The van der Waals surface area contributed by atoms with Gasteiger partial charge in [-0.2, -0.15) is 0 Å². The summed E-state index contributed by atoms with van der Waals surface area (Å²) in [6.45, 7) is 7.65. The Balaban J connectivity index is 2.82. The number of aromatic nitrogens is 2. The monoisotopic (exact) mass is 285 g/mol. The number of aliphatic carboxylic acids is 1. The van der Waals surface area contributed by atoms with E-state index in [2.05, 4.69) is 14.9 Å². The van der Waals surface area contributed by atoms with E-state index in [-0.39, 0.29) is 11.8 Å². The predicted molar refractivity (Wildman–Crippen MR) is 72.3 cm³/mol. The van der Waals surface area contributed by atoms with E-state index >= 15 is 0 Å². The number of amides is 1. The van der Waals surface area contributed by atoms with E-state index in [0.717, 1.165) is 11.5 Å². The van der Waals surface area contributed by atoms with Gasteiger partial charge < -0.3 is 10.4 Å². The van der Waals surface area contributed by atoms with Crippen LogP contribution in [-0.4, -0.2) is 32.6 Å². The zero-order chi connectivity index (χ0) is 14.6. The van der Waals surface area contributed by atoms with Crippen molar-refractivity contribution in [1.29, 1.82) is 0 Å². The van der Waals surface area contributed by atoms with Crippen LogP contribution >= 0.6 is 11.5 Å². The van der Waals surface area contributed by atoms with E-state index < -0.39 is 17.9 Å². The summed E-state index contributed by atoms with van der Waals surface area (Å²) in [7, 11) is 0. The van der Waals surface area contributed by atoms with Gasteiger partial charge in [0, 0.05) is 0 Å². The van der Waals surface area contributed by atoms with Gasteiger partial charge in [0.15, 0.2) is 0 Å². The third-order valence-electron chi connectivity index (χ3n) is 2.58. The van der Waals surface area contributed by atoms with E-state index in [1.807, 2.05) is 27.7 Å². The Morgan fingerprint density at radius 2 is 1.95 bits per heavy atom. The van der Waals surface area contributed by atoms with Gasteiger partial charge in [-0.1, -0.05) is 32.2 Å². The lowest BCUT2D eigenvalue weighted by Gasteiger charge is -2.16. The van der Waals surface area contributed by atoms with Crippen LogP contribution in [0.4, 0.5) is 0 Å². The van der Waals surface area contributed by atoms with E-state index in [1.165, 1.54) is 0 Å². The fourth-order valence-electron chi connectivity index (χ4n) is 1.65. The molecule has 1 aromatic rings. The molecular weight excluding hydrogens is 266 g/mol. The maximum absolute atomic E-state index is 12.1. The first-order valence-corrected chi connectivity index (χ1v) is 6.96. The number of hydrogen-bond donors (Lipinski definition) is 2. The summed E-state index contributed by atoms with van der Waals surface area (Å²) >= 11 is 0.992. The molecule has 0 aromatic carbocycles. The molecule has 0 saturated carbocycles. The third kappa shape index (κ3) is 4.27. The molecule has 0 saturated heterocycles. The second-order valence-corrected chi connectivity index (χ2v) is 5.89. The maximum atomic E-state index is 12.1. The molecule has 1 amide bonds. The van der Waals surface area contributed by atoms with E-state index in [1.54, 1.807) is 0 Å². The number of nitrogens with zero attached hydrogens (tertiary/aromatic N) is 2. The molecule has 0 aliphatic carbocycles. The van der Waals surface area contributed by atoms with Gasteiger partial charge in [0.25, 0.3) is 5.91 Å². The number of carboxylic acids is 1. The molecule has 2 N–H and O–H groups in total. The highest BCUT2D eigenvalue weighted by atomic mass is 32.1. The lowest BCUT2D eigenvalue weighted by molar-refractivity contribution is -0.139. The second kappa shape index (κ2) is 6.60. The molecule has 1 aromatic heterocycles. The van der Waals surface area contributed by atoms with Gasteiger partial charge in [0.1, 0.15) is 10.9 Å². The van der Waals surface area contributed by atoms with Crippen molar-refractivity contribution in [3.05, 3.63) is 10.6 Å². The number of hydrogen-bond acceptors (Lipinski definition) is 5. The van der Waals surface area contributed by atoms with Crippen LogP contribution in [0.1, 0.15) is 55.4 Å². The van der Waals surface area contributed by atoms with Crippen LogP contribution in [0, 0.1) is 5.92 Å². The van der Waals surface area contributed by atoms with Gasteiger partial charge in [0.2, 0.25) is 0 Å². The average Bonchev–Trinajstić information content (AvgIpc) is 2.76. The first kappa shape index (κ1) is 15.6. The quantitative estimate of drug-likeness (QED) is 0.832. The molecule has 1 rings (SSSR count). The van der Waals surface area contributed by atoms with Crippen molar-refractivity contribution in [3.63, 3.8) is 0 Å². The Labute approximate surface area is 116 Å². The summed E-state index contributed by atoms with van der Waals surface area (Å²) in [5.41, 5.74) is 0.608. The normalized spacial score (nSPS) is 12.7. The lowest BCUT2D eigenvalue weighted by Crippen LogP contribution is -2.41. The number of carbonyl (C=O) groups is 2. The van der Waals surface area contributed by atoms with E-state index in [4.69, 9.17) is 5.11 Å². The number of carboxylic acid groups (broad SMARTS) is 1. The van der Waals surface area contributed by atoms with Crippen LogP contribution < -0.4 is 5.32 Å². The Morgan fingerprint density at radius 1 is 1.32 bits per heavy atom. The molecule has 7 heteroatoms. The Bertz CT molecular complexity index is 457. The number of carbonyl (C=O) groups excluding carboxylic acids is 1. The van der Waals surface area contributed by atoms with Crippen LogP contribution in [0.3, 0.4) is 0 Å². The molecule has 1 atom stereocenters. The summed E-state index contributed by atoms with van der Waals surface area (Å²) in [5.74, 6) is -1.17. The molecule has 106 valence electrons. The standard InChI is InChI=1S/C12H19N3O3S/c1-6(2)5-8(12(17)18)13-11(16)10-9(7(3)4)14-15-19-10/h6-8H,5H2,1-4H3,(H,13,16)(H,17,18)/t8-/m1/s1. The number of rotatable bonds is 6. The van der Waals surface area contributed by atoms with Crippen LogP contribution in [-0.2, 0) is 4.79 Å². The minimum absolute atomic E-state index is 0.0767. The van der Waals surface area contributed by atoms with Crippen molar-refractivity contribution in [3.8, 4) is 0 Å². The van der Waals surface area contributed by atoms with E-state index in [9.17, 15) is 9.59 Å². The molecule has 0 fully saturated rings. The largest absolute Gasteiger partial charge is 0.480 e. The van der Waals surface area contributed by atoms with Crippen molar-refractivity contribution in [2.45, 2.75) is 46.1 Å². The highest BCUT2D eigenvalue weighted by Crippen LogP contribution is 2.20. The van der Waals surface area contributed by atoms with Gasteiger partial charge in [-0.25, -0.2) is 4.79 Å². The van der Waals surface area contributed by atoms with Crippen LogP contribution in [0.25, 0.3) is 0 Å². The molecule has 0 aliphatic heterocycles. The molecule has 0 bridgehead atoms. The van der Waals surface area contributed by atoms with Crippen molar-refractivity contribution in [1.82, 2.24) is 14.9 Å². The molecule has 0 radical (unpaired) electrons. The summed E-state index contributed by atoms with van der Waals surface area (Å²) in [6.07, 6.45) is 0.393. The van der Waals surface area contributed by atoms with Gasteiger partial charge in [-0.3, -0.25) is 4.79 Å². The van der Waals surface area contributed by atoms with Gasteiger partial charge >= 0.3 is 5.97 Å². The molecule has 6 nitrogen and oxygen atoms in total. The summed E-state index contributed by atoms with van der Waals surface area (Å²) in [6, 6.07) is -0.880. The fourth-order valence-corrected chi connectivity index (χ4v) is 2.37. The molecule has 19 heavy (non-hydrogen) atoms. The molecule has 1 heterocycles. The average molecular weight is 285 g/mol. The fraction of sp³-hybridized carbons (Fsp3) is 0.667. The van der Waals surface area contributed by atoms with Crippen LogP contribution in [0.15, 0.2) is 0 Å². The van der Waals surface area contributed by atoms with Crippen molar-refractivity contribution in [2.24, 2.45) is 5.92 Å². The van der Waals surface area contributed by atoms with Gasteiger partial charge in [-0.15, -0.1) is 5.10 Å². The molecule has 0 unspecified atom stereocenters. The van der Waals surface area contributed by atoms with Crippen molar-refractivity contribution >= 4 is 23.4 Å². The van der Waals surface area contributed by atoms with Crippen LogP contribution in [0.2, 0.25) is 0 Å². The minimum atomic E-state index is -1.02. The molecule has 0 spiro atoms. The third-order valence-corrected chi connectivity index (χ3v) is 3.32.